The van der Waals surface area contributed by atoms with Crippen LogP contribution in [0.3, 0.4) is 0 Å². The molecule has 0 aromatic heterocycles. The first-order chi connectivity index (χ1) is 10.5. The van der Waals surface area contributed by atoms with Crippen molar-refractivity contribution < 1.29 is 19.1 Å². The summed E-state index contributed by atoms with van der Waals surface area (Å²) in [6, 6.07) is 2.61. The normalized spacial score (nSPS) is 20.0. The molecule has 2 aliphatic rings. The number of amides is 3. The zero-order chi connectivity index (χ0) is 15.9. The van der Waals surface area contributed by atoms with Crippen LogP contribution >= 0.6 is 11.6 Å². The van der Waals surface area contributed by atoms with E-state index in [2.05, 4.69) is 5.32 Å². The van der Waals surface area contributed by atoms with Gasteiger partial charge in [-0.25, -0.2) is 4.79 Å². The minimum Gasteiger partial charge on any atom is -0.454 e. The van der Waals surface area contributed by atoms with Gasteiger partial charge in [-0.05, 0) is 30.0 Å². The van der Waals surface area contributed by atoms with Crippen molar-refractivity contribution >= 4 is 23.5 Å². The molecule has 1 N–H and O–H groups in total. The van der Waals surface area contributed by atoms with E-state index in [1.54, 1.807) is 12.1 Å². The van der Waals surface area contributed by atoms with E-state index in [0.717, 1.165) is 5.56 Å². The average Bonchev–Trinajstić information content (AvgIpc) is 2.99. The van der Waals surface area contributed by atoms with E-state index in [1.807, 2.05) is 13.8 Å². The predicted molar refractivity (Wildman–Crippen MR) is 79.9 cm³/mol. The summed E-state index contributed by atoms with van der Waals surface area (Å²) in [7, 11) is 0. The van der Waals surface area contributed by atoms with Gasteiger partial charge in [0, 0.05) is 0 Å². The molecule has 1 unspecified atom stereocenters. The van der Waals surface area contributed by atoms with E-state index >= 15 is 0 Å². The highest BCUT2D eigenvalue weighted by Gasteiger charge is 2.38. The standard InChI is InChI=1S/C15H17ClN2O4/c1-8(2)3-11-14(19)18(15(20)17-11)6-9-4-10(16)13-12(5-9)21-7-22-13/h4-5,8,11H,3,6-7H2,1-2H3,(H,17,20). The van der Waals surface area contributed by atoms with Crippen LogP contribution in [0.2, 0.25) is 5.02 Å². The second-order valence-electron chi connectivity index (χ2n) is 5.87. The molecule has 1 aromatic rings. The largest absolute Gasteiger partial charge is 0.454 e. The fourth-order valence-electron chi connectivity index (χ4n) is 2.65. The Morgan fingerprint density at radius 1 is 1.36 bits per heavy atom. The van der Waals surface area contributed by atoms with Crippen LogP contribution < -0.4 is 14.8 Å². The molecule has 1 atom stereocenters. The Kier molecular flexibility index (Phi) is 3.87. The molecular formula is C15H17ClN2O4. The van der Waals surface area contributed by atoms with Crippen LogP contribution in [0.15, 0.2) is 12.1 Å². The van der Waals surface area contributed by atoms with Crippen LogP contribution in [-0.2, 0) is 11.3 Å². The molecule has 1 aromatic carbocycles. The molecule has 7 heteroatoms. The highest BCUT2D eigenvalue weighted by atomic mass is 35.5. The first-order valence-electron chi connectivity index (χ1n) is 7.15. The van der Waals surface area contributed by atoms with Crippen LogP contribution in [0.4, 0.5) is 4.79 Å². The third-order valence-electron chi connectivity index (χ3n) is 3.64. The molecule has 0 aliphatic carbocycles. The fourth-order valence-corrected chi connectivity index (χ4v) is 2.94. The van der Waals surface area contributed by atoms with Gasteiger partial charge in [-0.1, -0.05) is 25.4 Å². The molecule has 2 heterocycles. The van der Waals surface area contributed by atoms with Gasteiger partial charge >= 0.3 is 6.03 Å². The fraction of sp³-hybridized carbons (Fsp3) is 0.467. The number of benzene rings is 1. The van der Waals surface area contributed by atoms with Crippen LogP contribution in [0.1, 0.15) is 25.8 Å². The van der Waals surface area contributed by atoms with Crippen molar-refractivity contribution in [3.05, 3.63) is 22.7 Å². The molecule has 1 fully saturated rings. The molecule has 0 spiro atoms. The summed E-state index contributed by atoms with van der Waals surface area (Å²) in [5.41, 5.74) is 0.725. The number of halogens is 1. The second kappa shape index (κ2) is 5.68. The molecule has 6 nitrogen and oxygen atoms in total. The lowest BCUT2D eigenvalue weighted by molar-refractivity contribution is -0.128. The summed E-state index contributed by atoms with van der Waals surface area (Å²) in [6.45, 7) is 4.31. The van der Waals surface area contributed by atoms with Crippen molar-refractivity contribution in [1.82, 2.24) is 10.2 Å². The molecule has 3 amide bonds. The lowest BCUT2D eigenvalue weighted by Crippen LogP contribution is -2.31. The van der Waals surface area contributed by atoms with Gasteiger partial charge in [0.25, 0.3) is 5.91 Å². The van der Waals surface area contributed by atoms with Crippen LogP contribution in [-0.4, -0.2) is 29.7 Å². The average molecular weight is 325 g/mol. The summed E-state index contributed by atoms with van der Waals surface area (Å²) < 4.78 is 10.5. The third kappa shape index (κ3) is 2.70. The molecule has 0 radical (unpaired) electrons. The summed E-state index contributed by atoms with van der Waals surface area (Å²) in [5, 5.41) is 3.13. The van der Waals surface area contributed by atoms with Gasteiger partial charge in [0.15, 0.2) is 11.5 Å². The Hall–Kier alpha value is -1.95. The molecule has 0 bridgehead atoms. The van der Waals surface area contributed by atoms with E-state index in [0.29, 0.717) is 28.9 Å². The van der Waals surface area contributed by atoms with Crippen molar-refractivity contribution in [2.24, 2.45) is 5.92 Å². The smallest absolute Gasteiger partial charge is 0.325 e. The summed E-state index contributed by atoms with van der Waals surface area (Å²) in [6.07, 6.45) is 0.628. The highest BCUT2D eigenvalue weighted by molar-refractivity contribution is 6.32. The Morgan fingerprint density at radius 3 is 2.86 bits per heavy atom. The number of carbonyl (C=O) groups excluding carboxylic acids is 2. The number of ether oxygens (including phenoxy) is 2. The quantitative estimate of drug-likeness (QED) is 0.864. The van der Waals surface area contributed by atoms with E-state index < -0.39 is 6.04 Å². The summed E-state index contributed by atoms with van der Waals surface area (Å²) in [5.74, 6) is 1.16. The van der Waals surface area contributed by atoms with Crippen molar-refractivity contribution in [3.8, 4) is 11.5 Å². The zero-order valence-corrected chi connectivity index (χ0v) is 13.1. The van der Waals surface area contributed by atoms with Crippen LogP contribution in [0, 0.1) is 5.92 Å². The molecule has 0 saturated carbocycles. The number of hydrogen-bond acceptors (Lipinski definition) is 4. The SMILES string of the molecule is CC(C)CC1NC(=O)N(Cc2cc(Cl)c3c(c2)OCO3)C1=O. The van der Waals surface area contributed by atoms with E-state index in [-0.39, 0.29) is 25.3 Å². The highest BCUT2D eigenvalue weighted by Crippen LogP contribution is 2.40. The Balaban J connectivity index is 1.77. The second-order valence-corrected chi connectivity index (χ2v) is 6.27. The molecule has 1 saturated heterocycles. The van der Waals surface area contributed by atoms with Gasteiger partial charge in [0.2, 0.25) is 6.79 Å². The van der Waals surface area contributed by atoms with E-state index in [1.165, 1.54) is 4.90 Å². The number of fused-ring (bicyclic) bond motifs is 1. The number of rotatable bonds is 4. The zero-order valence-electron chi connectivity index (χ0n) is 12.4. The van der Waals surface area contributed by atoms with Gasteiger partial charge in [-0.2, -0.15) is 0 Å². The first kappa shape index (κ1) is 15.0. The Labute approximate surface area is 133 Å². The monoisotopic (exact) mass is 324 g/mol. The number of carbonyl (C=O) groups is 2. The number of urea groups is 1. The van der Waals surface area contributed by atoms with Gasteiger partial charge in [0.1, 0.15) is 6.04 Å². The van der Waals surface area contributed by atoms with Crippen LogP contribution in [0.5, 0.6) is 11.5 Å². The van der Waals surface area contributed by atoms with Gasteiger partial charge in [0.05, 0.1) is 11.6 Å². The van der Waals surface area contributed by atoms with Gasteiger partial charge < -0.3 is 14.8 Å². The number of hydrogen-bond donors (Lipinski definition) is 1. The maximum atomic E-state index is 12.3. The topological polar surface area (TPSA) is 67.9 Å². The van der Waals surface area contributed by atoms with Crippen molar-refractivity contribution in [2.75, 3.05) is 6.79 Å². The van der Waals surface area contributed by atoms with Crippen molar-refractivity contribution in [3.63, 3.8) is 0 Å². The lowest BCUT2D eigenvalue weighted by Gasteiger charge is -2.14. The minimum atomic E-state index is -0.447. The predicted octanol–water partition coefficient (Wildman–Crippen LogP) is 2.54. The molecular weight excluding hydrogens is 308 g/mol. The molecule has 2 aliphatic heterocycles. The van der Waals surface area contributed by atoms with E-state index in [4.69, 9.17) is 21.1 Å². The number of nitrogens with zero attached hydrogens (tertiary/aromatic N) is 1. The third-order valence-corrected chi connectivity index (χ3v) is 3.92. The van der Waals surface area contributed by atoms with Crippen molar-refractivity contribution in [2.45, 2.75) is 32.9 Å². The number of imide groups is 1. The minimum absolute atomic E-state index is 0.123. The molecule has 3 rings (SSSR count). The van der Waals surface area contributed by atoms with E-state index in [9.17, 15) is 9.59 Å². The Morgan fingerprint density at radius 2 is 2.14 bits per heavy atom. The van der Waals surface area contributed by atoms with Crippen LogP contribution in [0.25, 0.3) is 0 Å². The molecule has 22 heavy (non-hydrogen) atoms. The first-order valence-corrected chi connectivity index (χ1v) is 7.53. The Bertz CT molecular complexity index is 632. The summed E-state index contributed by atoms with van der Waals surface area (Å²) in [4.78, 5) is 25.5. The van der Waals surface area contributed by atoms with Crippen molar-refractivity contribution in [1.29, 1.82) is 0 Å². The lowest BCUT2D eigenvalue weighted by atomic mass is 10.0. The maximum Gasteiger partial charge on any atom is 0.325 e. The molecule has 118 valence electrons. The number of nitrogens with one attached hydrogen (secondary N) is 1. The maximum absolute atomic E-state index is 12.3. The summed E-state index contributed by atoms with van der Waals surface area (Å²) >= 11 is 6.12. The van der Waals surface area contributed by atoms with Gasteiger partial charge in [-0.15, -0.1) is 0 Å². The van der Waals surface area contributed by atoms with Gasteiger partial charge in [-0.3, -0.25) is 9.69 Å².